The van der Waals surface area contributed by atoms with E-state index < -0.39 is 20.7 Å². The molecule has 0 spiro atoms. The Bertz CT molecular complexity index is 596. The van der Waals surface area contributed by atoms with Crippen LogP contribution in [0.2, 0.25) is 0 Å². The maximum atomic E-state index is 12.4. The fraction of sp³-hybridized carbons (Fsp3) is 0.417. The summed E-state index contributed by atoms with van der Waals surface area (Å²) >= 11 is 0. The zero-order chi connectivity index (χ0) is 13.6. The van der Waals surface area contributed by atoms with Crippen molar-refractivity contribution >= 4 is 21.7 Å². The van der Waals surface area contributed by atoms with Crippen molar-refractivity contribution in [1.82, 2.24) is 0 Å². The van der Waals surface area contributed by atoms with Crippen molar-refractivity contribution in [3.8, 4) is 0 Å². The Kier molecular flexibility index (Phi) is 2.85. The van der Waals surface area contributed by atoms with Crippen molar-refractivity contribution in [1.29, 1.82) is 0 Å². The van der Waals surface area contributed by atoms with Gasteiger partial charge in [-0.3, -0.25) is 9.10 Å². The summed E-state index contributed by atoms with van der Waals surface area (Å²) in [5, 5.41) is 8.76. The SMILES string of the molecule is CN1c2ccccc2C(C)(CCC(=O)O)S1(=O)=O. The minimum absolute atomic E-state index is 0.0754. The van der Waals surface area contributed by atoms with Gasteiger partial charge in [0.2, 0.25) is 10.0 Å². The van der Waals surface area contributed by atoms with Crippen LogP contribution in [0.4, 0.5) is 5.69 Å². The lowest BCUT2D eigenvalue weighted by Gasteiger charge is -2.24. The minimum Gasteiger partial charge on any atom is -0.481 e. The summed E-state index contributed by atoms with van der Waals surface area (Å²) in [6.07, 6.45) is -0.0933. The highest BCUT2D eigenvalue weighted by Gasteiger charge is 2.51. The summed E-state index contributed by atoms with van der Waals surface area (Å²) in [6.45, 7) is 1.59. The van der Waals surface area contributed by atoms with E-state index in [0.29, 0.717) is 11.3 Å². The van der Waals surface area contributed by atoms with Crippen LogP contribution in [0.1, 0.15) is 25.3 Å². The molecule has 1 unspecified atom stereocenters. The third kappa shape index (κ3) is 1.59. The van der Waals surface area contributed by atoms with Gasteiger partial charge in [0.25, 0.3) is 0 Å². The molecule has 1 aliphatic rings. The molecule has 1 N–H and O–H groups in total. The normalized spacial score (nSPS) is 24.9. The molecule has 0 saturated carbocycles. The quantitative estimate of drug-likeness (QED) is 0.903. The Hall–Kier alpha value is -1.56. The number of fused-ring (bicyclic) bond motifs is 1. The van der Waals surface area contributed by atoms with Crippen molar-refractivity contribution in [2.75, 3.05) is 11.4 Å². The van der Waals surface area contributed by atoms with Crippen molar-refractivity contribution < 1.29 is 18.3 Å². The number of rotatable bonds is 3. The Morgan fingerprint density at radius 3 is 2.61 bits per heavy atom. The Balaban J connectivity index is 2.55. The fourth-order valence-electron chi connectivity index (χ4n) is 2.38. The van der Waals surface area contributed by atoms with Crippen molar-refractivity contribution in [3.63, 3.8) is 0 Å². The highest BCUT2D eigenvalue weighted by atomic mass is 32.2. The second-order valence-corrected chi connectivity index (χ2v) is 7.01. The zero-order valence-electron chi connectivity index (χ0n) is 10.3. The number of hydrogen-bond acceptors (Lipinski definition) is 3. The average Bonchev–Trinajstić information content (AvgIpc) is 2.48. The van der Waals surface area contributed by atoms with E-state index >= 15 is 0 Å². The number of anilines is 1. The van der Waals surface area contributed by atoms with Gasteiger partial charge in [0.15, 0.2) is 0 Å². The lowest BCUT2D eigenvalue weighted by atomic mass is 9.94. The molecule has 98 valence electrons. The van der Waals surface area contributed by atoms with Crippen LogP contribution < -0.4 is 4.31 Å². The molecular formula is C12H15NO4S. The molecule has 0 radical (unpaired) electrons. The number of carboxylic acids is 1. The van der Waals surface area contributed by atoms with Gasteiger partial charge in [-0.25, -0.2) is 8.42 Å². The standard InChI is InChI=1S/C12H15NO4S/c1-12(8-7-11(14)15)9-5-3-4-6-10(9)13(2)18(12,16)17/h3-6H,7-8H2,1-2H3,(H,14,15). The van der Waals surface area contributed by atoms with Gasteiger partial charge in [-0.2, -0.15) is 0 Å². The molecular weight excluding hydrogens is 254 g/mol. The number of para-hydroxylation sites is 1. The number of nitrogens with zero attached hydrogens (tertiary/aromatic N) is 1. The largest absolute Gasteiger partial charge is 0.481 e. The molecule has 0 saturated heterocycles. The first kappa shape index (κ1) is 12.9. The van der Waals surface area contributed by atoms with Crippen LogP contribution in [0.3, 0.4) is 0 Å². The molecule has 5 nitrogen and oxygen atoms in total. The molecule has 18 heavy (non-hydrogen) atoms. The minimum atomic E-state index is -3.55. The third-order valence-electron chi connectivity index (χ3n) is 3.56. The van der Waals surface area contributed by atoms with E-state index in [2.05, 4.69) is 0 Å². The fourth-order valence-corrected chi connectivity index (χ4v) is 4.21. The number of sulfonamides is 1. The number of benzene rings is 1. The van der Waals surface area contributed by atoms with Gasteiger partial charge in [0.05, 0.1) is 5.69 Å². The van der Waals surface area contributed by atoms with Crippen molar-refractivity contribution in [2.45, 2.75) is 24.5 Å². The van der Waals surface area contributed by atoms with Crippen LogP contribution >= 0.6 is 0 Å². The summed E-state index contributed by atoms with van der Waals surface area (Å²) in [4.78, 5) is 10.7. The van der Waals surface area contributed by atoms with Crippen molar-refractivity contribution in [3.05, 3.63) is 29.8 Å². The average molecular weight is 269 g/mol. The summed E-state index contributed by atoms with van der Waals surface area (Å²) in [7, 11) is -2.05. The van der Waals surface area contributed by atoms with Crippen LogP contribution in [0.5, 0.6) is 0 Å². The van der Waals surface area contributed by atoms with Gasteiger partial charge in [0, 0.05) is 13.5 Å². The number of hydrogen-bond donors (Lipinski definition) is 1. The van der Waals surface area contributed by atoms with E-state index in [1.54, 1.807) is 31.2 Å². The molecule has 1 aromatic carbocycles. The summed E-state index contributed by atoms with van der Waals surface area (Å²) in [6, 6.07) is 7.03. The Morgan fingerprint density at radius 2 is 2.00 bits per heavy atom. The maximum Gasteiger partial charge on any atom is 0.303 e. The molecule has 0 fully saturated rings. The molecule has 1 aliphatic heterocycles. The van der Waals surface area contributed by atoms with E-state index in [4.69, 9.17) is 5.11 Å². The van der Waals surface area contributed by atoms with Gasteiger partial charge >= 0.3 is 5.97 Å². The van der Waals surface area contributed by atoms with E-state index in [-0.39, 0.29) is 12.8 Å². The first-order valence-electron chi connectivity index (χ1n) is 5.60. The van der Waals surface area contributed by atoms with Gasteiger partial charge in [0.1, 0.15) is 4.75 Å². The molecule has 1 heterocycles. The molecule has 0 aromatic heterocycles. The second kappa shape index (κ2) is 3.98. The monoisotopic (exact) mass is 269 g/mol. The highest BCUT2D eigenvalue weighted by Crippen LogP contribution is 2.48. The predicted octanol–water partition coefficient (Wildman–Crippen LogP) is 1.55. The Morgan fingerprint density at radius 1 is 1.39 bits per heavy atom. The number of carboxylic acid groups (broad SMARTS) is 1. The first-order chi connectivity index (χ1) is 8.30. The molecule has 1 aromatic rings. The molecule has 0 amide bonds. The van der Waals surface area contributed by atoms with Crippen LogP contribution in [-0.4, -0.2) is 26.5 Å². The zero-order valence-corrected chi connectivity index (χ0v) is 11.1. The van der Waals surface area contributed by atoms with Gasteiger partial charge in [-0.15, -0.1) is 0 Å². The van der Waals surface area contributed by atoms with Gasteiger partial charge < -0.3 is 5.11 Å². The van der Waals surface area contributed by atoms with Crippen molar-refractivity contribution in [2.24, 2.45) is 0 Å². The van der Waals surface area contributed by atoms with Crippen LogP contribution in [0.25, 0.3) is 0 Å². The van der Waals surface area contributed by atoms with E-state index in [1.807, 2.05) is 0 Å². The van der Waals surface area contributed by atoms with E-state index in [0.717, 1.165) is 0 Å². The third-order valence-corrected chi connectivity index (χ3v) is 6.04. The molecule has 0 aliphatic carbocycles. The summed E-state index contributed by atoms with van der Waals surface area (Å²) in [5.41, 5.74) is 1.30. The topological polar surface area (TPSA) is 74.7 Å². The molecule has 2 rings (SSSR count). The van der Waals surface area contributed by atoms with Crippen LogP contribution in [0, 0.1) is 0 Å². The maximum absolute atomic E-state index is 12.4. The summed E-state index contributed by atoms with van der Waals surface area (Å²) in [5.74, 6) is -0.988. The lowest BCUT2D eigenvalue weighted by Crippen LogP contribution is -2.36. The number of carbonyl (C=O) groups is 1. The highest BCUT2D eigenvalue weighted by molar-refractivity contribution is 7.94. The molecule has 1 atom stereocenters. The second-order valence-electron chi connectivity index (χ2n) is 4.61. The lowest BCUT2D eigenvalue weighted by molar-refractivity contribution is -0.137. The smallest absolute Gasteiger partial charge is 0.303 e. The Labute approximate surface area is 106 Å². The molecule has 6 heteroatoms. The number of aliphatic carboxylic acids is 1. The van der Waals surface area contributed by atoms with Gasteiger partial charge in [-0.1, -0.05) is 18.2 Å². The predicted molar refractivity (Wildman–Crippen MR) is 68.0 cm³/mol. The summed E-state index contributed by atoms with van der Waals surface area (Å²) < 4.78 is 24.9. The van der Waals surface area contributed by atoms with E-state index in [1.165, 1.54) is 11.4 Å². The first-order valence-corrected chi connectivity index (χ1v) is 7.04. The van der Waals surface area contributed by atoms with Gasteiger partial charge in [-0.05, 0) is 25.0 Å². The van der Waals surface area contributed by atoms with Crippen LogP contribution in [-0.2, 0) is 19.6 Å². The van der Waals surface area contributed by atoms with Crippen LogP contribution in [0.15, 0.2) is 24.3 Å². The van der Waals surface area contributed by atoms with E-state index in [9.17, 15) is 13.2 Å². The molecule has 0 bridgehead atoms.